The van der Waals surface area contributed by atoms with E-state index in [4.69, 9.17) is 24.4 Å². The maximum Gasteiger partial charge on any atom is 0.302 e. The largest absolute Gasteiger partial charge is 0.466 e. The van der Waals surface area contributed by atoms with Crippen LogP contribution < -0.4 is 0 Å². The van der Waals surface area contributed by atoms with Gasteiger partial charge in [0.1, 0.15) is 0 Å². The molecule has 136 valence electrons. The number of aliphatic hydroxyl groups excluding tert-OH is 2. The molecule has 0 saturated carbocycles. The summed E-state index contributed by atoms with van der Waals surface area (Å²) in [5.41, 5.74) is 0. The lowest BCUT2D eigenvalue weighted by molar-refractivity contribution is -0.146. The van der Waals surface area contributed by atoms with Crippen LogP contribution >= 0.6 is 0 Å². The molecule has 1 fully saturated rings. The van der Waals surface area contributed by atoms with Gasteiger partial charge in [-0.05, 0) is 13.8 Å². The summed E-state index contributed by atoms with van der Waals surface area (Å²) in [6.07, 6.45) is 0.257. The standard InChI is InChI=1S/C9H16O4.C6H12O4/c1-7(10)11-5-4-8-6-12-9(2,3)13-8;1-5(8)10-3-2-6(9)4-7/h8H,4-6H2,1-3H3;6-7,9H,2-4H2,1H3. The average molecular weight is 336 g/mol. The fraction of sp³-hybridized carbons (Fsp3) is 0.867. The van der Waals surface area contributed by atoms with Gasteiger partial charge in [-0.1, -0.05) is 0 Å². The highest BCUT2D eigenvalue weighted by Crippen LogP contribution is 2.23. The molecule has 8 nitrogen and oxygen atoms in total. The topological polar surface area (TPSA) is 112 Å². The van der Waals surface area contributed by atoms with E-state index in [1.807, 2.05) is 13.8 Å². The van der Waals surface area contributed by atoms with E-state index < -0.39 is 11.9 Å². The van der Waals surface area contributed by atoms with Crippen molar-refractivity contribution in [2.24, 2.45) is 0 Å². The quantitative estimate of drug-likeness (QED) is 0.642. The smallest absolute Gasteiger partial charge is 0.302 e. The predicted molar refractivity (Wildman–Crippen MR) is 80.5 cm³/mol. The Morgan fingerprint density at radius 1 is 1.22 bits per heavy atom. The van der Waals surface area contributed by atoms with Gasteiger partial charge in [-0.25, -0.2) is 0 Å². The molecule has 0 aromatic heterocycles. The average Bonchev–Trinajstić information content (AvgIpc) is 2.78. The Morgan fingerprint density at radius 3 is 2.22 bits per heavy atom. The molecule has 1 rings (SSSR count). The normalized spacial score (nSPS) is 20.2. The summed E-state index contributed by atoms with van der Waals surface area (Å²) in [4.78, 5) is 20.6. The van der Waals surface area contributed by atoms with Crippen LogP contribution in [-0.2, 0) is 28.5 Å². The van der Waals surface area contributed by atoms with E-state index >= 15 is 0 Å². The van der Waals surface area contributed by atoms with Gasteiger partial charge in [0.25, 0.3) is 0 Å². The SMILES string of the molecule is CC(=O)OCCC(O)CO.CC(=O)OCCC1COC(C)(C)O1. The molecule has 1 aliphatic heterocycles. The summed E-state index contributed by atoms with van der Waals surface area (Å²) >= 11 is 0. The predicted octanol–water partition coefficient (Wildman–Crippen LogP) is 0.384. The zero-order valence-electron chi connectivity index (χ0n) is 14.2. The summed E-state index contributed by atoms with van der Waals surface area (Å²) in [6.45, 7) is 7.30. The van der Waals surface area contributed by atoms with Crippen LogP contribution in [0.2, 0.25) is 0 Å². The van der Waals surface area contributed by atoms with Crippen molar-refractivity contribution in [1.29, 1.82) is 0 Å². The van der Waals surface area contributed by atoms with Crippen molar-refractivity contribution in [2.75, 3.05) is 26.4 Å². The monoisotopic (exact) mass is 336 g/mol. The highest BCUT2D eigenvalue weighted by Gasteiger charge is 2.32. The molecule has 0 radical (unpaired) electrons. The number of hydrogen-bond donors (Lipinski definition) is 2. The van der Waals surface area contributed by atoms with Gasteiger partial charge in [0.15, 0.2) is 5.79 Å². The van der Waals surface area contributed by atoms with E-state index in [2.05, 4.69) is 4.74 Å². The molecule has 23 heavy (non-hydrogen) atoms. The molecule has 0 aromatic rings. The number of carbonyl (C=O) groups excluding carboxylic acids is 2. The Balaban J connectivity index is 0.000000438. The Kier molecular flexibility index (Phi) is 10.7. The first-order chi connectivity index (χ1) is 10.7. The Hall–Kier alpha value is -1.22. The minimum absolute atomic E-state index is 0.0503. The number of ether oxygens (including phenoxy) is 4. The molecule has 2 atom stereocenters. The number of carbonyl (C=O) groups is 2. The summed E-state index contributed by atoms with van der Waals surface area (Å²) in [5.74, 6) is -1.11. The van der Waals surface area contributed by atoms with Gasteiger partial charge >= 0.3 is 11.9 Å². The van der Waals surface area contributed by atoms with E-state index in [9.17, 15) is 9.59 Å². The van der Waals surface area contributed by atoms with Gasteiger partial charge < -0.3 is 29.2 Å². The number of hydrogen-bond acceptors (Lipinski definition) is 8. The summed E-state index contributed by atoms with van der Waals surface area (Å²) < 4.78 is 20.2. The molecular formula is C15H28O8. The molecule has 2 unspecified atom stereocenters. The van der Waals surface area contributed by atoms with Crippen LogP contribution in [0.4, 0.5) is 0 Å². The Bertz CT molecular complexity index is 355. The molecule has 1 heterocycles. The molecule has 1 saturated heterocycles. The van der Waals surface area contributed by atoms with Gasteiger partial charge in [0.2, 0.25) is 0 Å². The van der Waals surface area contributed by atoms with Crippen molar-refractivity contribution in [3.63, 3.8) is 0 Å². The van der Waals surface area contributed by atoms with Gasteiger partial charge in [-0.2, -0.15) is 0 Å². The number of aliphatic hydroxyl groups is 2. The maximum atomic E-state index is 10.5. The minimum atomic E-state index is -0.778. The van der Waals surface area contributed by atoms with Crippen LogP contribution in [0.3, 0.4) is 0 Å². The zero-order valence-corrected chi connectivity index (χ0v) is 14.2. The van der Waals surface area contributed by atoms with Crippen LogP contribution in [0.25, 0.3) is 0 Å². The maximum absolute atomic E-state index is 10.5. The first-order valence-electron chi connectivity index (χ1n) is 7.53. The lowest BCUT2D eigenvalue weighted by Gasteiger charge is -2.16. The van der Waals surface area contributed by atoms with E-state index in [0.29, 0.717) is 19.6 Å². The highest BCUT2D eigenvalue weighted by atomic mass is 16.7. The first kappa shape index (κ1) is 21.8. The van der Waals surface area contributed by atoms with E-state index in [-0.39, 0.29) is 37.7 Å². The summed E-state index contributed by atoms with van der Waals surface area (Å²) in [7, 11) is 0. The minimum Gasteiger partial charge on any atom is -0.466 e. The van der Waals surface area contributed by atoms with Gasteiger partial charge in [0.05, 0.1) is 38.6 Å². The van der Waals surface area contributed by atoms with Crippen molar-refractivity contribution < 1.29 is 38.7 Å². The van der Waals surface area contributed by atoms with E-state index in [1.54, 1.807) is 0 Å². The lowest BCUT2D eigenvalue weighted by Crippen LogP contribution is -2.22. The molecule has 0 amide bonds. The molecule has 0 bridgehead atoms. The molecule has 2 N–H and O–H groups in total. The fourth-order valence-corrected chi connectivity index (χ4v) is 1.67. The van der Waals surface area contributed by atoms with Crippen LogP contribution in [0.1, 0.15) is 40.5 Å². The summed E-state index contributed by atoms with van der Waals surface area (Å²) in [5, 5.41) is 17.0. The van der Waals surface area contributed by atoms with Crippen LogP contribution in [0.15, 0.2) is 0 Å². The summed E-state index contributed by atoms with van der Waals surface area (Å²) in [6, 6.07) is 0. The fourth-order valence-electron chi connectivity index (χ4n) is 1.67. The lowest BCUT2D eigenvalue weighted by atomic mass is 10.3. The molecule has 0 aromatic carbocycles. The van der Waals surface area contributed by atoms with Crippen molar-refractivity contribution in [1.82, 2.24) is 0 Å². The third-order valence-electron chi connectivity index (χ3n) is 2.78. The Morgan fingerprint density at radius 2 is 1.78 bits per heavy atom. The second-order valence-corrected chi connectivity index (χ2v) is 5.54. The molecule has 8 heteroatoms. The van der Waals surface area contributed by atoms with Gasteiger partial charge in [-0.3, -0.25) is 9.59 Å². The van der Waals surface area contributed by atoms with Crippen molar-refractivity contribution in [3.8, 4) is 0 Å². The second kappa shape index (κ2) is 11.3. The third-order valence-corrected chi connectivity index (χ3v) is 2.78. The first-order valence-corrected chi connectivity index (χ1v) is 7.53. The number of esters is 2. The van der Waals surface area contributed by atoms with E-state index in [1.165, 1.54) is 13.8 Å². The van der Waals surface area contributed by atoms with Crippen molar-refractivity contribution in [3.05, 3.63) is 0 Å². The molecule has 1 aliphatic rings. The van der Waals surface area contributed by atoms with Gasteiger partial charge in [0, 0.05) is 26.7 Å². The Labute approximate surface area is 136 Å². The zero-order chi connectivity index (χ0) is 17.9. The molecule has 0 aliphatic carbocycles. The van der Waals surface area contributed by atoms with Crippen molar-refractivity contribution >= 4 is 11.9 Å². The van der Waals surface area contributed by atoms with Crippen LogP contribution in [0.5, 0.6) is 0 Å². The van der Waals surface area contributed by atoms with Crippen molar-refractivity contribution in [2.45, 2.75) is 58.5 Å². The van der Waals surface area contributed by atoms with Crippen LogP contribution in [0, 0.1) is 0 Å². The molecular weight excluding hydrogens is 308 g/mol. The van der Waals surface area contributed by atoms with Crippen LogP contribution in [-0.4, -0.2) is 66.6 Å². The second-order valence-electron chi connectivity index (χ2n) is 5.54. The number of rotatable bonds is 7. The highest BCUT2D eigenvalue weighted by molar-refractivity contribution is 5.66. The molecule has 0 spiro atoms. The van der Waals surface area contributed by atoms with Gasteiger partial charge in [-0.15, -0.1) is 0 Å². The van der Waals surface area contributed by atoms with E-state index in [0.717, 1.165) is 0 Å². The third kappa shape index (κ3) is 13.0.